The lowest BCUT2D eigenvalue weighted by Gasteiger charge is -2.50. The Labute approximate surface area is 250 Å². The van der Waals surface area contributed by atoms with E-state index in [1.807, 2.05) is 0 Å². The summed E-state index contributed by atoms with van der Waals surface area (Å²) in [5, 5.41) is 21.9. The largest absolute Gasteiger partial charge is 0.505 e. The smallest absolute Gasteiger partial charge is 0.269 e. The van der Waals surface area contributed by atoms with Crippen LogP contribution in [0.1, 0.15) is 24.3 Å². The number of likely N-dealkylation sites (tertiary alicyclic amines) is 1. The summed E-state index contributed by atoms with van der Waals surface area (Å²) >= 11 is 17.2. The molecule has 6 unspecified atom stereocenters. The van der Waals surface area contributed by atoms with Gasteiger partial charge in [0.1, 0.15) is 0 Å². The van der Waals surface area contributed by atoms with E-state index in [1.54, 1.807) is 6.08 Å². The Kier molecular flexibility index (Phi) is 6.33. The van der Waals surface area contributed by atoms with Gasteiger partial charge in [-0.2, -0.15) is 0 Å². The van der Waals surface area contributed by atoms with Gasteiger partial charge in [0.15, 0.2) is 21.3 Å². The number of anilines is 1. The summed E-state index contributed by atoms with van der Waals surface area (Å²) in [6, 6.07) is 8.67. The van der Waals surface area contributed by atoms with Crippen molar-refractivity contribution in [1.82, 2.24) is 4.90 Å². The van der Waals surface area contributed by atoms with Gasteiger partial charge in [-0.15, -0.1) is 23.2 Å². The fraction of sp³-hybridized carbons (Fsp3) is 0.333. The van der Waals surface area contributed by atoms with Gasteiger partial charge in [0.25, 0.3) is 17.5 Å². The molecule has 4 aliphatic rings. The molecule has 3 fully saturated rings. The molecular formula is C27H19BrCl2FN3O7. The molecule has 2 aromatic rings. The van der Waals surface area contributed by atoms with E-state index in [2.05, 4.69) is 15.9 Å². The number of carbonyl (C=O) groups is 4. The lowest BCUT2D eigenvalue weighted by molar-refractivity contribution is -0.384. The number of para-hydroxylation sites is 1. The van der Waals surface area contributed by atoms with Crippen LogP contribution < -0.4 is 4.90 Å². The fourth-order valence-electron chi connectivity index (χ4n) is 6.84. The van der Waals surface area contributed by atoms with Gasteiger partial charge in [0.2, 0.25) is 11.8 Å². The van der Waals surface area contributed by atoms with Crippen molar-refractivity contribution in [1.29, 1.82) is 0 Å². The molecule has 2 heterocycles. The molecule has 212 valence electrons. The predicted molar refractivity (Wildman–Crippen MR) is 147 cm³/mol. The van der Waals surface area contributed by atoms with Crippen molar-refractivity contribution in [2.75, 3.05) is 10.4 Å². The van der Waals surface area contributed by atoms with Crippen LogP contribution in [0.15, 0.2) is 54.1 Å². The summed E-state index contributed by atoms with van der Waals surface area (Å²) < 4.78 is 14.6. The number of non-ortho nitro benzene ring substituents is 1. The second-order valence-electron chi connectivity index (χ2n) is 10.4. The topological polar surface area (TPSA) is 138 Å². The summed E-state index contributed by atoms with van der Waals surface area (Å²) in [6.07, 6.45) is 1.43. The highest BCUT2D eigenvalue weighted by atomic mass is 79.9. The van der Waals surface area contributed by atoms with Gasteiger partial charge >= 0.3 is 0 Å². The Morgan fingerprint density at radius 3 is 2.37 bits per heavy atom. The van der Waals surface area contributed by atoms with Gasteiger partial charge in [-0.1, -0.05) is 39.7 Å². The lowest BCUT2D eigenvalue weighted by atomic mass is 9.56. The minimum atomic E-state index is -2.18. The number of allylic oxidation sites excluding steroid dienone is 2. The van der Waals surface area contributed by atoms with Crippen LogP contribution in [0.5, 0.6) is 5.75 Å². The molecule has 14 heteroatoms. The maximum Gasteiger partial charge on any atom is 0.269 e. The quantitative estimate of drug-likeness (QED) is 0.128. The van der Waals surface area contributed by atoms with E-state index in [4.69, 9.17) is 23.2 Å². The summed E-state index contributed by atoms with van der Waals surface area (Å²) in [4.78, 5) is 62.8. The number of alkyl halides is 3. The molecule has 10 nitrogen and oxygen atoms in total. The molecule has 2 aliphatic heterocycles. The number of hydrogen-bond donors (Lipinski definition) is 1. The van der Waals surface area contributed by atoms with Gasteiger partial charge in [-0.05, 0) is 37.0 Å². The first-order valence-electron chi connectivity index (χ1n) is 12.5. The zero-order chi connectivity index (χ0) is 29.6. The summed E-state index contributed by atoms with van der Waals surface area (Å²) in [6.45, 7) is 0. The highest BCUT2D eigenvalue weighted by molar-refractivity contribution is 9.09. The number of nitro groups is 1. The van der Waals surface area contributed by atoms with Gasteiger partial charge in [0.05, 0.1) is 27.9 Å². The Hall–Kier alpha value is -3.35. The Morgan fingerprint density at radius 1 is 1.05 bits per heavy atom. The van der Waals surface area contributed by atoms with Crippen molar-refractivity contribution in [2.45, 2.75) is 28.5 Å². The van der Waals surface area contributed by atoms with Crippen LogP contribution in [-0.2, 0) is 19.2 Å². The SMILES string of the molecule is O=C1C2CC=C3C(CC4(Cl)C(=O)N(CBr)C(=O)C4(Cl)C3c3cccc(F)c3O)C2C(=O)N1c1ccc([N+](=O)[O-])cc1. The van der Waals surface area contributed by atoms with Crippen molar-refractivity contribution < 1.29 is 33.6 Å². The van der Waals surface area contributed by atoms with Crippen molar-refractivity contribution in [3.8, 4) is 5.75 Å². The molecule has 2 aliphatic carbocycles. The second kappa shape index (κ2) is 9.33. The third kappa shape index (κ3) is 3.53. The van der Waals surface area contributed by atoms with E-state index in [-0.39, 0.29) is 35.2 Å². The number of imide groups is 2. The van der Waals surface area contributed by atoms with Crippen LogP contribution in [-0.4, -0.2) is 53.8 Å². The van der Waals surface area contributed by atoms with E-state index in [9.17, 15) is 38.8 Å². The zero-order valence-electron chi connectivity index (χ0n) is 20.8. The van der Waals surface area contributed by atoms with Gasteiger partial charge in [0, 0.05) is 23.6 Å². The molecule has 6 atom stereocenters. The maximum absolute atomic E-state index is 14.6. The monoisotopic (exact) mass is 665 g/mol. The third-order valence-electron chi connectivity index (χ3n) is 8.66. The van der Waals surface area contributed by atoms with Crippen LogP contribution in [0.2, 0.25) is 0 Å². The van der Waals surface area contributed by atoms with Crippen molar-refractivity contribution in [2.24, 2.45) is 17.8 Å². The highest BCUT2D eigenvalue weighted by Gasteiger charge is 2.76. The minimum absolute atomic E-state index is 0.0592. The van der Waals surface area contributed by atoms with Gasteiger partial charge in [-0.25, -0.2) is 4.39 Å². The minimum Gasteiger partial charge on any atom is -0.505 e. The number of halogens is 4. The first-order chi connectivity index (χ1) is 19.4. The molecule has 1 N–H and O–H groups in total. The summed E-state index contributed by atoms with van der Waals surface area (Å²) in [7, 11) is 0. The molecule has 6 rings (SSSR count). The normalized spacial score (nSPS) is 32.5. The Bertz CT molecular complexity index is 1600. The number of aromatic hydroxyl groups is 1. The molecule has 0 spiro atoms. The standard InChI is InChI=1S/C27H19BrCl2FN3O7/c28-11-32-24(38)26(29)10-17-14(20(27(26,30)25(32)39)16-2-1-3-18(31)21(16)35)8-9-15-19(17)23(37)33(22(15)36)12-4-6-13(7-5-12)34(40)41/h1-8,15,17,19-20,35H,9-11H2. The average Bonchev–Trinajstić information content (AvgIpc) is 3.28. The number of fused-ring (bicyclic) bond motifs is 4. The van der Waals surface area contributed by atoms with E-state index >= 15 is 0 Å². The molecule has 2 saturated heterocycles. The maximum atomic E-state index is 14.6. The van der Waals surface area contributed by atoms with Crippen molar-refractivity contribution in [3.05, 3.63) is 75.6 Å². The number of phenolic OH excluding ortho intramolecular Hbond substituents is 1. The Balaban J connectivity index is 1.50. The van der Waals surface area contributed by atoms with Crippen LogP contribution >= 0.6 is 39.1 Å². The van der Waals surface area contributed by atoms with E-state index in [1.165, 1.54) is 36.4 Å². The number of amides is 4. The molecular weight excluding hydrogens is 648 g/mol. The number of nitro benzene ring substituents is 1. The zero-order valence-corrected chi connectivity index (χ0v) is 23.9. The number of rotatable bonds is 4. The average molecular weight is 667 g/mol. The van der Waals surface area contributed by atoms with Gasteiger partial charge < -0.3 is 5.11 Å². The molecule has 0 radical (unpaired) electrons. The first-order valence-corrected chi connectivity index (χ1v) is 14.4. The van der Waals surface area contributed by atoms with Crippen molar-refractivity contribution >= 4 is 74.1 Å². The molecule has 0 bridgehead atoms. The van der Waals surface area contributed by atoms with E-state index < -0.39 is 73.5 Å². The summed E-state index contributed by atoms with van der Waals surface area (Å²) in [5.41, 5.74) is 0.00379. The van der Waals surface area contributed by atoms with Crippen molar-refractivity contribution in [3.63, 3.8) is 0 Å². The first kappa shape index (κ1) is 27.8. The number of hydrogen-bond acceptors (Lipinski definition) is 7. The number of carbonyl (C=O) groups excluding carboxylic acids is 4. The van der Waals surface area contributed by atoms with E-state index in [0.29, 0.717) is 5.57 Å². The molecule has 4 amide bonds. The van der Waals surface area contributed by atoms with Crippen LogP contribution in [0.4, 0.5) is 15.8 Å². The Morgan fingerprint density at radius 2 is 1.73 bits per heavy atom. The van der Waals surface area contributed by atoms with Gasteiger partial charge in [-0.3, -0.25) is 39.1 Å². The number of benzene rings is 2. The molecule has 41 heavy (non-hydrogen) atoms. The number of nitrogens with zero attached hydrogens (tertiary/aromatic N) is 3. The predicted octanol–water partition coefficient (Wildman–Crippen LogP) is 4.36. The van der Waals surface area contributed by atoms with E-state index in [0.717, 1.165) is 15.9 Å². The number of phenols is 1. The van der Waals surface area contributed by atoms with Crippen LogP contribution in [0, 0.1) is 33.7 Å². The summed E-state index contributed by atoms with van der Waals surface area (Å²) in [5.74, 6) is -8.62. The second-order valence-corrected chi connectivity index (χ2v) is 12.2. The fourth-order valence-corrected chi connectivity index (χ4v) is 8.26. The highest BCUT2D eigenvalue weighted by Crippen LogP contribution is 2.66. The third-order valence-corrected chi connectivity index (χ3v) is 10.6. The molecule has 0 aromatic heterocycles. The molecule has 1 saturated carbocycles. The lowest BCUT2D eigenvalue weighted by Crippen LogP contribution is -2.60. The molecule has 2 aromatic carbocycles. The van der Waals surface area contributed by atoms with Crippen LogP contribution in [0.3, 0.4) is 0 Å². The van der Waals surface area contributed by atoms with Crippen LogP contribution in [0.25, 0.3) is 0 Å².